The first-order chi connectivity index (χ1) is 5.97. The number of hydrogen-bond donors (Lipinski definition) is 1. The van der Waals surface area contributed by atoms with Gasteiger partial charge in [-0.2, -0.15) is 0 Å². The van der Waals surface area contributed by atoms with Crippen LogP contribution in [0.3, 0.4) is 0 Å². The van der Waals surface area contributed by atoms with E-state index in [-0.39, 0.29) is 12.3 Å². The molecule has 0 heterocycles. The number of nitrogens with two attached hydrogens (primary N) is 1. The van der Waals surface area contributed by atoms with E-state index in [1.54, 1.807) is 0 Å². The standard InChI is InChI=1S/C10H19F2N/c1-7(2)9-5-8(6-13)3-4-10(9,11)12/h7-9H,3-6,13H2,1-2H3. The Bertz CT molecular complexity index is 168. The van der Waals surface area contributed by atoms with Gasteiger partial charge in [-0.25, -0.2) is 8.78 Å². The maximum Gasteiger partial charge on any atom is 0.251 e. The lowest BCUT2D eigenvalue weighted by Crippen LogP contribution is -2.40. The van der Waals surface area contributed by atoms with E-state index in [4.69, 9.17) is 5.73 Å². The van der Waals surface area contributed by atoms with Gasteiger partial charge in [0.2, 0.25) is 0 Å². The monoisotopic (exact) mass is 191 g/mol. The molecule has 3 heteroatoms. The predicted octanol–water partition coefficient (Wildman–Crippen LogP) is 2.65. The van der Waals surface area contributed by atoms with Crippen molar-refractivity contribution in [2.75, 3.05) is 6.54 Å². The highest BCUT2D eigenvalue weighted by atomic mass is 19.3. The van der Waals surface area contributed by atoms with Crippen LogP contribution in [0.5, 0.6) is 0 Å². The molecule has 0 aromatic heterocycles. The van der Waals surface area contributed by atoms with Gasteiger partial charge in [0, 0.05) is 12.3 Å². The minimum Gasteiger partial charge on any atom is -0.330 e. The van der Waals surface area contributed by atoms with Crippen molar-refractivity contribution < 1.29 is 8.78 Å². The van der Waals surface area contributed by atoms with Gasteiger partial charge in [0.1, 0.15) is 0 Å². The molecule has 2 unspecified atom stereocenters. The highest BCUT2D eigenvalue weighted by molar-refractivity contribution is 4.87. The number of halogens is 2. The molecule has 1 nitrogen and oxygen atoms in total. The third-order valence-corrected chi connectivity index (χ3v) is 3.15. The van der Waals surface area contributed by atoms with Crippen molar-refractivity contribution >= 4 is 0 Å². The molecular weight excluding hydrogens is 172 g/mol. The largest absolute Gasteiger partial charge is 0.330 e. The molecule has 1 saturated carbocycles. The van der Waals surface area contributed by atoms with Gasteiger partial charge >= 0.3 is 0 Å². The molecule has 2 atom stereocenters. The molecule has 0 aromatic carbocycles. The fourth-order valence-corrected chi connectivity index (χ4v) is 2.21. The first-order valence-corrected chi connectivity index (χ1v) is 5.05. The van der Waals surface area contributed by atoms with E-state index in [0.717, 1.165) is 0 Å². The van der Waals surface area contributed by atoms with Gasteiger partial charge in [-0.15, -0.1) is 0 Å². The van der Waals surface area contributed by atoms with E-state index in [2.05, 4.69) is 0 Å². The van der Waals surface area contributed by atoms with Crippen LogP contribution in [-0.4, -0.2) is 12.5 Å². The maximum atomic E-state index is 13.4. The van der Waals surface area contributed by atoms with Crippen LogP contribution in [0.4, 0.5) is 8.78 Å². The van der Waals surface area contributed by atoms with Gasteiger partial charge in [0.25, 0.3) is 5.92 Å². The normalized spacial score (nSPS) is 33.7. The summed E-state index contributed by atoms with van der Waals surface area (Å²) in [6.45, 7) is 4.30. The molecule has 0 spiro atoms. The molecule has 1 fully saturated rings. The lowest BCUT2D eigenvalue weighted by molar-refractivity contribution is -0.112. The fraction of sp³-hybridized carbons (Fsp3) is 1.00. The quantitative estimate of drug-likeness (QED) is 0.713. The number of hydrogen-bond acceptors (Lipinski definition) is 1. The molecule has 1 rings (SSSR count). The molecule has 0 aromatic rings. The molecule has 0 bridgehead atoms. The molecule has 1 aliphatic rings. The van der Waals surface area contributed by atoms with E-state index in [1.165, 1.54) is 0 Å². The van der Waals surface area contributed by atoms with Crippen molar-refractivity contribution in [1.82, 2.24) is 0 Å². The average molecular weight is 191 g/mol. The summed E-state index contributed by atoms with van der Waals surface area (Å²) in [5, 5.41) is 0. The topological polar surface area (TPSA) is 26.0 Å². The smallest absolute Gasteiger partial charge is 0.251 e. The zero-order chi connectivity index (χ0) is 10.1. The molecular formula is C10H19F2N. The molecule has 0 aliphatic heterocycles. The lowest BCUT2D eigenvalue weighted by atomic mass is 9.74. The van der Waals surface area contributed by atoms with E-state index < -0.39 is 11.8 Å². The van der Waals surface area contributed by atoms with Crippen molar-refractivity contribution in [3.8, 4) is 0 Å². The Morgan fingerprint density at radius 3 is 2.54 bits per heavy atom. The Hall–Kier alpha value is -0.180. The van der Waals surface area contributed by atoms with Crippen LogP contribution in [0.15, 0.2) is 0 Å². The van der Waals surface area contributed by atoms with Gasteiger partial charge in [-0.05, 0) is 31.2 Å². The van der Waals surface area contributed by atoms with Crippen LogP contribution in [0.1, 0.15) is 33.1 Å². The molecule has 1 aliphatic carbocycles. The van der Waals surface area contributed by atoms with Crippen molar-refractivity contribution in [2.24, 2.45) is 23.5 Å². The van der Waals surface area contributed by atoms with Crippen LogP contribution in [-0.2, 0) is 0 Å². The highest BCUT2D eigenvalue weighted by Gasteiger charge is 2.45. The maximum absolute atomic E-state index is 13.4. The van der Waals surface area contributed by atoms with Crippen LogP contribution in [0.25, 0.3) is 0 Å². The van der Waals surface area contributed by atoms with Gasteiger partial charge in [0.15, 0.2) is 0 Å². The van der Waals surface area contributed by atoms with Crippen molar-refractivity contribution in [1.29, 1.82) is 0 Å². The van der Waals surface area contributed by atoms with Crippen LogP contribution < -0.4 is 5.73 Å². The van der Waals surface area contributed by atoms with Crippen LogP contribution in [0, 0.1) is 17.8 Å². The van der Waals surface area contributed by atoms with Gasteiger partial charge in [0.05, 0.1) is 0 Å². The van der Waals surface area contributed by atoms with E-state index in [1.807, 2.05) is 13.8 Å². The SMILES string of the molecule is CC(C)C1CC(CN)CCC1(F)F. The molecule has 78 valence electrons. The predicted molar refractivity (Wildman–Crippen MR) is 49.7 cm³/mol. The summed E-state index contributed by atoms with van der Waals surface area (Å²) in [7, 11) is 0. The molecule has 0 amide bonds. The first-order valence-electron chi connectivity index (χ1n) is 5.05. The van der Waals surface area contributed by atoms with Gasteiger partial charge in [-0.1, -0.05) is 13.8 Å². The summed E-state index contributed by atoms with van der Waals surface area (Å²) in [6, 6.07) is 0. The van der Waals surface area contributed by atoms with Crippen molar-refractivity contribution in [3.05, 3.63) is 0 Å². The van der Waals surface area contributed by atoms with Crippen LogP contribution in [0.2, 0.25) is 0 Å². The zero-order valence-electron chi connectivity index (χ0n) is 8.39. The lowest BCUT2D eigenvalue weighted by Gasteiger charge is -2.37. The zero-order valence-corrected chi connectivity index (χ0v) is 8.39. The van der Waals surface area contributed by atoms with E-state index in [0.29, 0.717) is 25.3 Å². The van der Waals surface area contributed by atoms with Gasteiger partial charge in [-0.3, -0.25) is 0 Å². The second-order valence-electron chi connectivity index (χ2n) is 4.49. The summed E-state index contributed by atoms with van der Waals surface area (Å²) >= 11 is 0. The average Bonchev–Trinajstić information content (AvgIpc) is 2.03. The Morgan fingerprint density at radius 1 is 1.46 bits per heavy atom. The van der Waals surface area contributed by atoms with Crippen molar-refractivity contribution in [2.45, 2.75) is 39.0 Å². The molecule has 0 saturated heterocycles. The second kappa shape index (κ2) is 3.91. The van der Waals surface area contributed by atoms with E-state index >= 15 is 0 Å². The molecule has 0 radical (unpaired) electrons. The molecule has 13 heavy (non-hydrogen) atoms. The minimum absolute atomic E-state index is 0.0255. The summed E-state index contributed by atoms with van der Waals surface area (Å²) in [4.78, 5) is 0. The fourth-order valence-electron chi connectivity index (χ4n) is 2.21. The third kappa shape index (κ3) is 2.39. The van der Waals surface area contributed by atoms with Gasteiger partial charge < -0.3 is 5.73 Å². The minimum atomic E-state index is -2.46. The number of rotatable bonds is 2. The number of alkyl halides is 2. The molecule has 2 N–H and O–H groups in total. The highest BCUT2D eigenvalue weighted by Crippen LogP contribution is 2.44. The summed E-state index contributed by atoms with van der Waals surface area (Å²) in [6.07, 6.45) is 1.21. The van der Waals surface area contributed by atoms with Crippen LogP contribution >= 0.6 is 0 Å². The Balaban J connectivity index is 2.64. The Labute approximate surface area is 78.7 Å². The summed E-state index contributed by atoms with van der Waals surface area (Å²) in [5.41, 5.74) is 5.51. The van der Waals surface area contributed by atoms with Crippen molar-refractivity contribution in [3.63, 3.8) is 0 Å². The Morgan fingerprint density at radius 2 is 2.08 bits per heavy atom. The second-order valence-corrected chi connectivity index (χ2v) is 4.49. The third-order valence-electron chi connectivity index (χ3n) is 3.15. The summed E-state index contributed by atoms with van der Waals surface area (Å²) < 4.78 is 26.8. The Kier molecular flexibility index (Phi) is 3.28. The first kappa shape index (κ1) is 10.9. The summed E-state index contributed by atoms with van der Waals surface area (Å²) in [5.74, 6) is -2.55. The van der Waals surface area contributed by atoms with E-state index in [9.17, 15) is 8.78 Å².